The van der Waals surface area contributed by atoms with Crippen LogP contribution in [0.3, 0.4) is 0 Å². The van der Waals surface area contributed by atoms with Gasteiger partial charge >= 0.3 is 11.9 Å². The molecule has 2 aliphatic rings. The first-order valence-electron chi connectivity index (χ1n) is 16.6. The fourth-order valence-electron chi connectivity index (χ4n) is 6.34. The molecule has 3 aromatic rings. The molecule has 2 aromatic carbocycles. The minimum atomic E-state index is -1.68. The summed E-state index contributed by atoms with van der Waals surface area (Å²) < 4.78 is 12.2. The zero-order valence-corrected chi connectivity index (χ0v) is 28.9. The van der Waals surface area contributed by atoms with E-state index >= 15 is 0 Å². The van der Waals surface area contributed by atoms with E-state index < -0.39 is 23.1 Å². The van der Waals surface area contributed by atoms with Crippen LogP contribution in [-0.4, -0.2) is 48.9 Å². The van der Waals surface area contributed by atoms with E-state index in [0.29, 0.717) is 22.0 Å². The quantitative estimate of drug-likeness (QED) is 0.181. The Labute approximate surface area is 277 Å². The number of nitrogens with zero attached hydrogens (tertiary/aromatic N) is 2. The number of esters is 2. The van der Waals surface area contributed by atoms with Crippen LogP contribution in [0.15, 0.2) is 66.7 Å². The number of thiophene rings is 1. The summed E-state index contributed by atoms with van der Waals surface area (Å²) in [6.45, 7) is 10.9. The summed E-state index contributed by atoms with van der Waals surface area (Å²) in [6, 6.07) is 20.9. The van der Waals surface area contributed by atoms with Crippen molar-refractivity contribution in [1.82, 2.24) is 4.90 Å². The Morgan fingerprint density at radius 2 is 1.41 bits per heavy atom. The summed E-state index contributed by atoms with van der Waals surface area (Å²) in [5.41, 5.74) is 1.28. The van der Waals surface area contributed by atoms with Gasteiger partial charge in [-0.3, -0.25) is 9.59 Å². The van der Waals surface area contributed by atoms with E-state index in [-0.39, 0.29) is 17.9 Å². The molecule has 1 aromatic heterocycles. The van der Waals surface area contributed by atoms with E-state index in [1.165, 1.54) is 11.3 Å². The molecule has 0 radical (unpaired) electrons. The van der Waals surface area contributed by atoms with Gasteiger partial charge in [-0.1, -0.05) is 67.6 Å². The average molecular weight is 645 g/mol. The maximum atomic E-state index is 14.6. The predicted molar refractivity (Wildman–Crippen MR) is 184 cm³/mol. The number of anilines is 1. The van der Waals surface area contributed by atoms with Gasteiger partial charge in [0.2, 0.25) is 5.91 Å². The van der Waals surface area contributed by atoms with E-state index in [9.17, 15) is 14.4 Å². The monoisotopic (exact) mass is 644 g/mol. The third kappa shape index (κ3) is 7.72. The molecule has 1 aliphatic carbocycles. The summed E-state index contributed by atoms with van der Waals surface area (Å²) in [5.74, 6) is -2.17. The highest BCUT2D eigenvalue weighted by Crippen LogP contribution is 2.43. The molecule has 2 fully saturated rings. The molecule has 0 spiro atoms. The number of carbonyl (C=O) groups excluding carboxylic acids is 3. The van der Waals surface area contributed by atoms with Crippen molar-refractivity contribution in [2.24, 2.45) is 17.3 Å². The van der Waals surface area contributed by atoms with Gasteiger partial charge in [-0.15, -0.1) is 11.3 Å². The van der Waals surface area contributed by atoms with Crippen LogP contribution in [-0.2, 0) is 24.8 Å². The molecule has 5 rings (SSSR count). The largest absolute Gasteiger partial charge is 0.418 e. The highest BCUT2D eigenvalue weighted by atomic mass is 32.1. The smallest absolute Gasteiger partial charge is 0.354 e. The highest BCUT2D eigenvalue weighted by molar-refractivity contribution is 7.18. The standard InChI is InChI=1S/C38H48N2O5S/c1-26-17-19-28(20-18-26)34(41)40(30-21-23-39(6)24-22-30)31-25-32(27-13-9-7-10-14-27)46-33(31)35(42)44-38(5,29-15-11-8-12-16-29)45-36(43)37(2,3)4/h7-16,25-26,28,30H,17-24H2,1-6H3. The Morgan fingerprint density at radius 3 is 2.00 bits per heavy atom. The third-order valence-corrected chi connectivity index (χ3v) is 10.5. The Balaban J connectivity index is 1.59. The predicted octanol–water partition coefficient (Wildman–Crippen LogP) is 8.29. The molecule has 2 heterocycles. The average Bonchev–Trinajstić information content (AvgIpc) is 3.48. The molecule has 246 valence electrons. The van der Waals surface area contributed by atoms with E-state index in [1.54, 1.807) is 39.8 Å². The second-order valence-corrected chi connectivity index (χ2v) is 15.3. The minimum Gasteiger partial charge on any atom is -0.418 e. The third-order valence-electron chi connectivity index (χ3n) is 9.36. The van der Waals surface area contributed by atoms with Crippen molar-refractivity contribution in [2.45, 2.75) is 85.0 Å². The number of amides is 1. The van der Waals surface area contributed by atoms with E-state index in [1.807, 2.05) is 59.5 Å². The summed E-state index contributed by atoms with van der Waals surface area (Å²) >= 11 is 1.32. The molecule has 7 nitrogen and oxygen atoms in total. The van der Waals surface area contributed by atoms with Gasteiger partial charge in [0.05, 0.1) is 11.1 Å². The van der Waals surface area contributed by atoms with Crippen molar-refractivity contribution < 1.29 is 23.9 Å². The lowest BCUT2D eigenvalue weighted by molar-refractivity contribution is -0.215. The summed E-state index contributed by atoms with van der Waals surface area (Å²) in [5, 5.41) is 0. The van der Waals surface area contributed by atoms with Crippen LogP contribution in [0, 0.1) is 17.3 Å². The van der Waals surface area contributed by atoms with Gasteiger partial charge in [0.15, 0.2) is 0 Å². The first-order chi connectivity index (χ1) is 21.9. The molecule has 1 unspecified atom stereocenters. The molecular weight excluding hydrogens is 596 g/mol. The fourth-order valence-corrected chi connectivity index (χ4v) is 7.37. The molecule has 1 amide bonds. The van der Waals surface area contributed by atoms with Gasteiger partial charge < -0.3 is 19.3 Å². The zero-order chi connectivity index (χ0) is 33.1. The van der Waals surface area contributed by atoms with Crippen molar-refractivity contribution in [3.8, 4) is 10.4 Å². The molecule has 8 heteroatoms. The Bertz CT molecular complexity index is 1500. The maximum absolute atomic E-state index is 14.6. The number of hydrogen-bond donors (Lipinski definition) is 0. The van der Waals surface area contributed by atoms with Gasteiger partial charge in [-0.2, -0.15) is 0 Å². The number of piperidine rings is 1. The first kappa shape index (κ1) is 33.9. The lowest BCUT2D eigenvalue weighted by Crippen LogP contribution is -2.49. The molecule has 1 atom stereocenters. The first-order valence-corrected chi connectivity index (χ1v) is 17.4. The number of likely N-dealkylation sites (tertiary alicyclic amines) is 1. The minimum absolute atomic E-state index is 0.0351. The van der Waals surface area contributed by atoms with Crippen LogP contribution >= 0.6 is 11.3 Å². The van der Waals surface area contributed by atoms with Gasteiger partial charge in [-0.25, -0.2) is 4.79 Å². The topological polar surface area (TPSA) is 76.1 Å². The van der Waals surface area contributed by atoms with Crippen LogP contribution in [0.5, 0.6) is 0 Å². The zero-order valence-electron chi connectivity index (χ0n) is 28.1. The van der Waals surface area contributed by atoms with Crippen LogP contribution in [0.4, 0.5) is 5.69 Å². The summed E-state index contributed by atoms with van der Waals surface area (Å²) in [4.78, 5) is 47.7. The summed E-state index contributed by atoms with van der Waals surface area (Å²) in [7, 11) is 2.11. The Morgan fingerprint density at radius 1 is 0.826 bits per heavy atom. The van der Waals surface area contributed by atoms with Crippen molar-refractivity contribution in [3.05, 3.63) is 77.2 Å². The van der Waals surface area contributed by atoms with Crippen molar-refractivity contribution in [2.75, 3.05) is 25.0 Å². The molecule has 0 N–H and O–H groups in total. The number of ether oxygens (including phenoxy) is 2. The van der Waals surface area contributed by atoms with E-state index in [4.69, 9.17) is 9.47 Å². The summed E-state index contributed by atoms with van der Waals surface area (Å²) in [6.07, 6.45) is 5.41. The number of rotatable bonds is 8. The molecule has 1 saturated carbocycles. The maximum Gasteiger partial charge on any atom is 0.354 e. The molecular formula is C38H48N2O5S. The van der Waals surface area contributed by atoms with Crippen molar-refractivity contribution >= 4 is 34.9 Å². The molecule has 0 bridgehead atoms. The SMILES string of the molecule is CC1CCC(C(=O)N(c2cc(-c3ccccc3)sc2C(=O)OC(C)(OC(=O)C(C)(C)C)c2ccccc2)C2CCN(C)CC2)CC1. The van der Waals surface area contributed by atoms with Gasteiger partial charge in [0, 0.05) is 29.3 Å². The van der Waals surface area contributed by atoms with Crippen LogP contribution in [0.25, 0.3) is 10.4 Å². The van der Waals surface area contributed by atoms with Gasteiger partial charge in [0.1, 0.15) is 4.88 Å². The van der Waals surface area contributed by atoms with Crippen LogP contribution < -0.4 is 4.90 Å². The Kier molecular flexibility index (Phi) is 10.4. The number of benzene rings is 2. The number of carbonyl (C=O) groups is 3. The van der Waals surface area contributed by atoms with E-state index in [0.717, 1.165) is 62.1 Å². The van der Waals surface area contributed by atoms with Gasteiger partial charge in [-0.05, 0) is 97.0 Å². The Hall–Kier alpha value is -3.49. The lowest BCUT2D eigenvalue weighted by atomic mass is 9.82. The molecule has 1 saturated heterocycles. The van der Waals surface area contributed by atoms with Crippen molar-refractivity contribution in [3.63, 3.8) is 0 Å². The van der Waals surface area contributed by atoms with Crippen LogP contribution in [0.1, 0.15) is 88.4 Å². The second kappa shape index (κ2) is 14.1. The fraction of sp³-hybridized carbons (Fsp3) is 0.500. The number of hydrogen-bond acceptors (Lipinski definition) is 7. The van der Waals surface area contributed by atoms with Gasteiger partial charge in [0.25, 0.3) is 5.79 Å². The lowest BCUT2D eigenvalue weighted by Gasteiger charge is -2.40. The van der Waals surface area contributed by atoms with E-state index in [2.05, 4.69) is 18.9 Å². The molecule has 46 heavy (non-hydrogen) atoms. The second-order valence-electron chi connectivity index (χ2n) is 14.2. The molecule has 1 aliphatic heterocycles. The van der Waals surface area contributed by atoms with Crippen LogP contribution in [0.2, 0.25) is 0 Å². The highest BCUT2D eigenvalue weighted by Gasteiger charge is 2.42. The van der Waals surface area contributed by atoms with Crippen molar-refractivity contribution in [1.29, 1.82) is 0 Å². The normalized spacial score (nSPS) is 20.8.